The predicted molar refractivity (Wildman–Crippen MR) is 126 cm³/mol. The van der Waals surface area contributed by atoms with E-state index in [9.17, 15) is 0 Å². The molecule has 0 aromatic carbocycles. The number of imidazole rings is 1. The summed E-state index contributed by atoms with van der Waals surface area (Å²) < 4.78 is 1.79. The van der Waals surface area contributed by atoms with Crippen LogP contribution in [0.15, 0.2) is 42.9 Å². The second kappa shape index (κ2) is 8.13. The molecule has 0 spiro atoms. The Hall–Kier alpha value is -3.06. The molecule has 0 bridgehead atoms. The summed E-state index contributed by atoms with van der Waals surface area (Å²) in [4.78, 5) is 20.4. The van der Waals surface area contributed by atoms with Crippen LogP contribution >= 0.6 is 0 Å². The topological polar surface area (TPSA) is 75.0 Å². The maximum Gasteiger partial charge on any atom is 0.155 e. The molecule has 7 heteroatoms. The van der Waals surface area contributed by atoms with Crippen molar-refractivity contribution in [1.29, 1.82) is 0 Å². The van der Waals surface area contributed by atoms with Gasteiger partial charge in [-0.05, 0) is 64.8 Å². The van der Waals surface area contributed by atoms with E-state index in [-0.39, 0.29) is 5.54 Å². The highest BCUT2D eigenvalue weighted by Gasteiger charge is 2.32. The fraction of sp³-hybridized carbons (Fsp3) is 0.440. The molecule has 32 heavy (non-hydrogen) atoms. The van der Waals surface area contributed by atoms with Gasteiger partial charge in [-0.25, -0.2) is 14.5 Å². The molecule has 0 atom stereocenters. The van der Waals surface area contributed by atoms with Gasteiger partial charge in [0.15, 0.2) is 5.65 Å². The first-order valence-corrected chi connectivity index (χ1v) is 11.5. The molecule has 4 aromatic heterocycles. The van der Waals surface area contributed by atoms with Crippen molar-refractivity contribution in [2.24, 2.45) is 0 Å². The zero-order chi connectivity index (χ0) is 22.3. The smallest absolute Gasteiger partial charge is 0.155 e. The summed E-state index contributed by atoms with van der Waals surface area (Å²) in [5.41, 5.74) is 5.62. The number of fused-ring (bicyclic) bond motifs is 1. The molecule has 0 amide bonds. The molecule has 166 valence electrons. The molecule has 0 unspecified atom stereocenters. The lowest BCUT2D eigenvalue weighted by atomic mass is 10.0. The number of nitrogens with zero attached hydrogens (tertiary/aromatic N) is 6. The van der Waals surface area contributed by atoms with E-state index in [1.54, 1.807) is 10.8 Å². The van der Waals surface area contributed by atoms with Crippen LogP contribution in [0.2, 0.25) is 0 Å². The molecular weight excluding hydrogens is 398 g/mol. The Bertz CT molecular complexity index is 1220. The highest BCUT2D eigenvalue weighted by atomic mass is 15.3. The Labute approximate surface area is 188 Å². The molecule has 1 aliphatic carbocycles. The maximum atomic E-state index is 5.10. The van der Waals surface area contributed by atoms with Crippen LogP contribution in [0.5, 0.6) is 0 Å². The molecule has 4 heterocycles. The molecule has 4 aromatic rings. The number of H-pyrrole nitrogens is 1. The highest BCUT2D eigenvalue weighted by Crippen LogP contribution is 2.33. The molecule has 0 saturated heterocycles. The van der Waals surface area contributed by atoms with Crippen molar-refractivity contribution >= 4 is 5.65 Å². The summed E-state index contributed by atoms with van der Waals surface area (Å²) in [5.74, 6) is 0.971. The van der Waals surface area contributed by atoms with Gasteiger partial charge >= 0.3 is 0 Å². The molecule has 1 fully saturated rings. The van der Waals surface area contributed by atoms with Crippen LogP contribution in [-0.4, -0.2) is 46.0 Å². The molecule has 0 aliphatic heterocycles. The first-order valence-electron chi connectivity index (χ1n) is 11.5. The molecule has 5 rings (SSSR count). The average Bonchev–Trinajstić information content (AvgIpc) is 3.51. The third-order valence-corrected chi connectivity index (χ3v) is 6.39. The lowest BCUT2D eigenvalue weighted by Crippen LogP contribution is -2.46. The van der Waals surface area contributed by atoms with E-state index in [1.165, 1.54) is 25.7 Å². The van der Waals surface area contributed by atoms with Gasteiger partial charge in [0.1, 0.15) is 12.2 Å². The fourth-order valence-corrected chi connectivity index (χ4v) is 4.82. The second-order valence-corrected chi connectivity index (χ2v) is 9.79. The van der Waals surface area contributed by atoms with Crippen molar-refractivity contribution in [1.82, 2.24) is 34.4 Å². The van der Waals surface area contributed by atoms with E-state index in [0.29, 0.717) is 6.04 Å². The van der Waals surface area contributed by atoms with Crippen molar-refractivity contribution in [2.75, 3.05) is 0 Å². The number of pyridine rings is 2. The Balaban J connectivity index is 1.59. The maximum absolute atomic E-state index is 5.10. The fourth-order valence-electron chi connectivity index (χ4n) is 4.82. The Kier molecular flexibility index (Phi) is 5.29. The monoisotopic (exact) mass is 429 g/mol. The normalized spacial score (nSPS) is 15.3. The molecule has 0 radical (unpaired) electrons. The van der Waals surface area contributed by atoms with Crippen LogP contribution < -0.4 is 0 Å². The zero-order valence-corrected chi connectivity index (χ0v) is 19.3. The number of aromatic nitrogens is 6. The third kappa shape index (κ3) is 4.05. The summed E-state index contributed by atoms with van der Waals surface area (Å²) in [6, 6.07) is 10.7. The van der Waals surface area contributed by atoms with E-state index < -0.39 is 0 Å². The van der Waals surface area contributed by atoms with Gasteiger partial charge in [-0.3, -0.25) is 9.88 Å². The lowest BCUT2D eigenvalue weighted by Gasteiger charge is -2.39. The van der Waals surface area contributed by atoms with Gasteiger partial charge in [0.25, 0.3) is 0 Å². The van der Waals surface area contributed by atoms with Crippen LogP contribution in [0.3, 0.4) is 0 Å². The minimum Gasteiger partial charge on any atom is -0.339 e. The summed E-state index contributed by atoms with van der Waals surface area (Å²) in [6.45, 7) is 9.71. The van der Waals surface area contributed by atoms with Crippen LogP contribution in [0.4, 0.5) is 0 Å². The van der Waals surface area contributed by atoms with Crippen LogP contribution in [0.1, 0.15) is 58.0 Å². The van der Waals surface area contributed by atoms with Crippen molar-refractivity contribution < 1.29 is 0 Å². The van der Waals surface area contributed by atoms with Crippen molar-refractivity contribution in [2.45, 2.75) is 71.5 Å². The SMILES string of the molecule is Cc1cccc(-c2[nH]c(CN(C3CCCC3)C(C)(C)C)nc2-c2ccc3ncnn3c2)n1. The van der Waals surface area contributed by atoms with E-state index in [1.807, 2.05) is 37.4 Å². The van der Waals surface area contributed by atoms with Crippen molar-refractivity contribution in [3.63, 3.8) is 0 Å². The predicted octanol–water partition coefficient (Wildman–Crippen LogP) is 5.03. The molecule has 7 nitrogen and oxygen atoms in total. The minimum atomic E-state index is 0.0728. The quantitative estimate of drug-likeness (QED) is 0.481. The van der Waals surface area contributed by atoms with Gasteiger partial charge in [-0.15, -0.1) is 0 Å². The summed E-state index contributed by atoms with van der Waals surface area (Å²) in [5, 5.41) is 4.30. The average molecular weight is 430 g/mol. The zero-order valence-electron chi connectivity index (χ0n) is 19.3. The second-order valence-electron chi connectivity index (χ2n) is 9.79. The lowest BCUT2D eigenvalue weighted by molar-refractivity contribution is 0.0727. The van der Waals surface area contributed by atoms with Gasteiger partial charge in [0, 0.05) is 29.0 Å². The van der Waals surface area contributed by atoms with Gasteiger partial charge < -0.3 is 4.98 Å². The van der Waals surface area contributed by atoms with E-state index >= 15 is 0 Å². The van der Waals surface area contributed by atoms with E-state index in [4.69, 9.17) is 9.97 Å². The Morgan fingerprint density at radius 3 is 2.66 bits per heavy atom. The van der Waals surface area contributed by atoms with Crippen LogP contribution in [0.25, 0.3) is 28.3 Å². The number of aromatic amines is 1. The number of nitrogens with one attached hydrogen (secondary N) is 1. The van der Waals surface area contributed by atoms with Gasteiger partial charge in [0.2, 0.25) is 0 Å². The first kappa shape index (κ1) is 20.8. The van der Waals surface area contributed by atoms with Crippen molar-refractivity contribution in [3.05, 3.63) is 54.4 Å². The van der Waals surface area contributed by atoms with Crippen molar-refractivity contribution in [3.8, 4) is 22.6 Å². The largest absolute Gasteiger partial charge is 0.339 e. The third-order valence-electron chi connectivity index (χ3n) is 6.39. The molecule has 1 aliphatic rings. The Morgan fingerprint density at radius 1 is 1.09 bits per heavy atom. The van der Waals surface area contributed by atoms with Crippen LogP contribution in [0, 0.1) is 6.92 Å². The van der Waals surface area contributed by atoms with Gasteiger partial charge in [-0.1, -0.05) is 18.9 Å². The number of rotatable bonds is 5. The van der Waals surface area contributed by atoms with E-state index in [2.05, 4.69) is 46.8 Å². The van der Waals surface area contributed by atoms with Gasteiger partial charge in [0.05, 0.1) is 23.6 Å². The first-order chi connectivity index (χ1) is 15.4. The summed E-state index contributed by atoms with van der Waals surface area (Å²) >= 11 is 0. The highest BCUT2D eigenvalue weighted by molar-refractivity contribution is 5.77. The summed E-state index contributed by atoms with van der Waals surface area (Å²) in [6.07, 6.45) is 8.72. The van der Waals surface area contributed by atoms with E-state index in [0.717, 1.165) is 46.4 Å². The number of hydrogen-bond acceptors (Lipinski definition) is 5. The minimum absolute atomic E-state index is 0.0728. The number of aryl methyl sites for hydroxylation is 1. The molecule has 1 saturated carbocycles. The molecular formula is C25H31N7. The molecule has 1 N–H and O–H groups in total. The Morgan fingerprint density at radius 2 is 1.91 bits per heavy atom. The van der Waals surface area contributed by atoms with Crippen LogP contribution in [-0.2, 0) is 6.54 Å². The summed E-state index contributed by atoms with van der Waals surface area (Å²) in [7, 11) is 0. The van der Waals surface area contributed by atoms with Gasteiger partial charge in [-0.2, -0.15) is 5.10 Å². The standard InChI is InChI=1S/C25H31N7/c1-17-8-7-11-20(28-17)24-23(18-12-13-22-26-16-27-32(22)14-18)29-21(30-24)15-31(25(2,3)4)19-9-5-6-10-19/h7-8,11-14,16,19H,5-6,9-10,15H2,1-4H3,(H,29,30). The number of hydrogen-bond donors (Lipinski definition) is 1.